The van der Waals surface area contributed by atoms with Crippen molar-refractivity contribution in [3.05, 3.63) is 22.4 Å². The van der Waals surface area contributed by atoms with Gasteiger partial charge in [-0.1, -0.05) is 6.07 Å². The Kier molecular flexibility index (Phi) is 6.96. The van der Waals surface area contributed by atoms with Gasteiger partial charge in [-0.15, -0.1) is 11.3 Å². The number of esters is 1. The molecule has 0 fully saturated rings. The molecule has 0 bridgehead atoms. The maximum atomic E-state index is 11.6. The van der Waals surface area contributed by atoms with E-state index in [0.717, 1.165) is 17.1 Å². The second-order valence-corrected chi connectivity index (χ2v) is 5.41. The van der Waals surface area contributed by atoms with Crippen LogP contribution in [-0.2, 0) is 9.53 Å². The Morgan fingerprint density at radius 3 is 2.94 bits per heavy atom. The second kappa shape index (κ2) is 8.31. The normalized spacial score (nSPS) is 10.2. The van der Waals surface area contributed by atoms with Crippen LogP contribution in [0.15, 0.2) is 17.5 Å². The van der Waals surface area contributed by atoms with Crippen molar-refractivity contribution in [1.82, 2.24) is 0 Å². The third-order valence-electron chi connectivity index (χ3n) is 2.01. The van der Waals surface area contributed by atoms with Gasteiger partial charge in [0, 0.05) is 6.42 Å². The van der Waals surface area contributed by atoms with E-state index < -0.39 is 0 Å². The summed E-state index contributed by atoms with van der Waals surface area (Å²) in [5, 5.41) is 1.91. The Hall–Kier alpha value is -0.810. The third-order valence-corrected chi connectivity index (χ3v) is 3.94. The topological polar surface area (TPSA) is 43.4 Å². The average Bonchev–Trinajstić information content (AvgIpc) is 2.82. The molecule has 17 heavy (non-hydrogen) atoms. The van der Waals surface area contributed by atoms with Gasteiger partial charge in [0.15, 0.2) is 5.78 Å². The number of carbonyl (C=O) groups is 2. The van der Waals surface area contributed by atoms with Crippen LogP contribution >= 0.6 is 23.1 Å². The molecule has 0 aliphatic rings. The van der Waals surface area contributed by atoms with Gasteiger partial charge in [-0.25, -0.2) is 0 Å². The van der Waals surface area contributed by atoms with Crippen molar-refractivity contribution in [2.45, 2.75) is 19.8 Å². The number of Topliss-reactive ketones (excluding diaryl/α,β-unsaturated/α-hetero) is 1. The monoisotopic (exact) mass is 272 g/mol. The Balaban J connectivity index is 2.05. The molecule has 94 valence electrons. The number of ether oxygens (including phenoxy) is 1. The van der Waals surface area contributed by atoms with Gasteiger partial charge >= 0.3 is 5.97 Å². The molecule has 0 unspecified atom stereocenters. The van der Waals surface area contributed by atoms with Crippen LogP contribution in [0.25, 0.3) is 0 Å². The Bertz CT molecular complexity index is 347. The Morgan fingerprint density at radius 1 is 1.47 bits per heavy atom. The molecular weight excluding hydrogens is 256 g/mol. The zero-order valence-electron chi connectivity index (χ0n) is 9.81. The molecule has 0 aliphatic heterocycles. The predicted octanol–water partition coefficient (Wildman–Crippen LogP) is 3.01. The zero-order valence-corrected chi connectivity index (χ0v) is 11.4. The van der Waals surface area contributed by atoms with Crippen LogP contribution in [0.3, 0.4) is 0 Å². The summed E-state index contributed by atoms with van der Waals surface area (Å²) < 4.78 is 4.80. The lowest BCUT2D eigenvalue weighted by Gasteiger charge is -2.01. The van der Waals surface area contributed by atoms with Crippen LogP contribution in [0.1, 0.15) is 29.4 Å². The van der Waals surface area contributed by atoms with E-state index in [9.17, 15) is 9.59 Å². The number of hydrogen-bond acceptors (Lipinski definition) is 5. The number of thiophene rings is 1. The molecule has 0 saturated carbocycles. The molecule has 5 heteroatoms. The number of thioether (sulfide) groups is 1. The lowest BCUT2D eigenvalue weighted by molar-refractivity contribution is -0.139. The van der Waals surface area contributed by atoms with Crippen molar-refractivity contribution in [1.29, 1.82) is 0 Å². The molecule has 0 aromatic carbocycles. The highest BCUT2D eigenvalue weighted by Gasteiger charge is 2.06. The molecule has 0 atom stereocenters. The highest BCUT2D eigenvalue weighted by Crippen LogP contribution is 2.13. The molecule has 1 aromatic rings. The standard InChI is InChI=1S/C12H16O3S2/c1-2-15-12(14)9-16-7-3-5-10(13)11-6-4-8-17-11/h4,6,8H,2-3,5,7,9H2,1H3. The van der Waals surface area contributed by atoms with Crippen LogP contribution in [0.5, 0.6) is 0 Å². The summed E-state index contributed by atoms with van der Waals surface area (Å²) in [6.07, 6.45) is 1.36. The Morgan fingerprint density at radius 2 is 2.29 bits per heavy atom. The maximum absolute atomic E-state index is 11.6. The summed E-state index contributed by atoms with van der Waals surface area (Å²) in [4.78, 5) is 23.5. The van der Waals surface area contributed by atoms with Gasteiger partial charge in [0.05, 0.1) is 17.2 Å². The minimum Gasteiger partial charge on any atom is -0.465 e. The van der Waals surface area contributed by atoms with Crippen LogP contribution in [-0.4, -0.2) is 29.9 Å². The van der Waals surface area contributed by atoms with E-state index in [-0.39, 0.29) is 11.8 Å². The first-order valence-corrected chi connectivity index (χ1v) is 7.57. The summed E-state index contributed by atoms with van der Waals surface area (Å²) in [7, 11) is 0. The summed E-state index contributed by atoms with van der Waals surface area (Å²) in [5.74, 6) is 1.20. The fourth-order valence-corrected chi connectivity index (χ4v) is 2.69. The van der Waals surface area contributed by atoms with Crippen molar-refractivity contribution in [2.75, 3.05) is 18.1 Å². The fraction of sp³-hybridized carbons (Fsp3) is 0.500. The molecule has 1 heterocycles. The van der Waals surface area contributed by atoms with Crippen molar-refractivity contribution >= 4 is 34.9 Å². The summed E-state index contributed by atoms with van der Waals surface area (Å²) >= 11 is 2.99. The first-order valence-electron chi connectivity index (χ1n) is 5.54. The first kappa shape index (κ1) is 14.3. The van der Waals surface area contributed by atoms with E-state index >= 15 is 0 Å². The zero-order chi connectivity index (χ0) is 12.5. The average molecular weight is 272 g/mol. The van der Waals surface area contributed by atoms with Crippen LogP contribution in [0, 0.1) is 0 Å². The molecule has 3 nitrogen and oxygen atoms in total. The van der Waals surface area contributed by atoms with E-state index in [1.165, 1.54) is 23.1 Å². The summed E-state index contributed by atoms with van der Waals surface area (Å²) in [6, 6.07) is 3.73. The number of hydrogen-bond donors (Lipinski definition) is 0. The van der Waals surface area contributed by atoms with Gasteiger partial charge in [-0.05, 0) is 30.5 Å². The minimum atomic E-state index is -0.179. The van der Waals surface area contributed by atoms with Gasteiger partial charge in [-0.3, -0.25) is 9.59 Å². The molecular formula is C12H16O3S2. The molecule has 0 saturated heterocycles. The van der Waals surface area contributed by atoms with E-state index in [4.69, 9.17) is 4.74 Å². The molecule has 0 radical (unpaired) electrons. The predicted molar refractivity (Wildman–Crippen MR) is 71.8 cm³/mol. The SMILES string of the molecule is CCOC(=O)CSCCCC(=O)c1cccs1. The second-order valence-electron chi connectivity index (χ2n) is 3.36. The van der Waals surface area contributed by atoms with Crippen molar-refractivity contribution < 1.29 is 14.3 Å². The lowest BCUT2D eigenvalue weighted by Crippen LogP contribution is -2.07. The van der Waals surface area contributed by atoms with E-state index in [2.05, 4.69) is 0 Å². The molecule has 0 amide bonds. The quantitative estimate of drug-likeness (QED) is 0.414. The highest BCUT2D eigenvalue weighted by molar-refractivity contribution is 7.99. The van der Waals surface area contributed by atoms with E-state index in [0.29, 0.717) is 18.8 Å². The molecule has 1 rings (SSSR count). The van der Waals surface area contributed by atoms with Gasteiger partial charge in [-0.2, -0.15) is 11.8 Å². The van der Waals surface area contributed by atoms with Crippen LogP contribution in [0.2, 0.25) is 0 Å². The largest absolute Gasteiger partial charge is 0.465 e. The minimum absolute atomic E-state index is 0.179. The highest BCUT2D eigenvalue weighted by atomic mass is 32.2. The third kappa shape index (κ3) is 5.89. The smallest absolute Gasteiger partial charge is 0.315 e. The lowest BCUT2D eigenvalue weighted by atomic mass is 10.2. The van der Waals surface area contributed by atoms with Crippen molar-refractivity contribution in [3.8, 4) is 0 Å². The van der Waals surface area contributed by atoms with Gasteiger partial charge in [0.1, 0.15) is 0 Å². The Labute approximate surface area is 110 Å². The van der Waals surface area contributed by atoms with Gasteiger partial charge in [0.25, 0.3) is 0 Å². The molecule has 1 aromatic heterocycles. The van der Waals surface area contributed by atoms with Crippen LogP contribution < -0.4 is 0 Å². The molecule has 0 spiro atoms. The van der Waals surface area contributed by atoms with Crippen molar-refractivity contribution in [2.24, 2.45) is 0 Å². The first-order chi connectivity index (χ1) is 8.24. The van der Waals surface area contributed by atoms with Crippen molar-refractivity contribution in [3.63, 3.8) is 0 Å². The van der Waals surface area contributed by atoms with Gasteiger partial charge in [0.2, 0.25) is 0 Å². The van der Waals surface area contributed by atoms with E-state index in [1.807, 2.05) is 17.5 Å². The summed E-state index contributed by atoms with van der Waals surface area (Å²) in [6.45, 7) is 2.22. The van der Waals surface area contributed by atoms with Crippen LogP contribution in [0.4, 0.5) is 0 Å². The molecule has 0 N–H and O–H groups in total. The molecule has 0 aliphatic carbocycles. The van der Waals surface area contributed by atoms with E-state index in [1.54, 1.807) is 6.92 Å². The van der Waals surface area contributed by atoms with Gasteiger partial charge < -0.3 is 4.74 Å². The summed E-state index contributed by atoms with van der Waals surface area (Å²) in [5.41, 5.74) is 0. The number of rotatable bonds is 8. The number of ketones is 1. The fourth-order valence-electron chi connectivity index (χ4n) is 1.25. The number of carbonyl (C=O) groups excluding carboxylic acids is 2. The maximum Gasteiger partial charge on any atom is 0.315 e.